The number of carboxylic acid groups (broad SMARTS) is 1. The number of hydrogen-bond acceptors (Lipinski definition) is 2. The zero-order chi connectivity index (χ0) is 13.0. The molecule has 5 nitrogen and oxygen atoms in total. The molecule has 2 unspecified atom stereocenters. The number of nitrogens with one attached hydrogen (secondary N) is 1. The maximum atomic E-state index is 12.0. The molecule has 0 spiro atoms. The van der Waals surface area contributed by atoms with Crippen molar-refractivity contribution < 1.29 is 14.7 Å². The Morgan fingerprint density at radius 2 is 2.00 bits per heavy atom. The van der Waals surface area contributed by atoms with Crippen molar-refractivity contribution in [2.24, 2.45) is 5.92 Å². The van der Waals surface area contributed by atoms with E-state index in [1.54, 1.807) is 0 Å². The van der Waals surface area contributed by atoms with Crippen molar-refractivity contribution in [1.29, 1.82) is 0 Å². The number of fused-ring (bicyclic) bond motifs is 1. The summed E-state index contributed by atoms with van der Waals surface area (Å²) < 4.78 is 0. The molecule has 1 saturated carbocycles. The fourth-order valence-electron chi connectivity index (χ4n) is 3.19. The van der Waals surface area contributed by atoms with Gasteiger partial charge < -0.3 is 15.3 Å². The van der Waals surface area contributed by atoms with Crippen LogP contribution in [0.1, 0.15) is 44.9 Å². The van der Waals surface area contributed by atoms with E-state index < -0.39 is 5.97 Å². The molecule has 18 heavy (non-hydrogen) atoms. The normalized spacial score (nSPS) is 26.8. The van der Waals surface area contributed by atoms with Crippen LogP contribution < -0.4 is 5.32 Å². The molecule has 0 bridgehead atoms. The van der Waals surface area contributed by atoms with Crippen LogP contribution in [-0.2, 0) is 4.79 Å². The molecule has 102 valence electrons. The number of carbonyl (C=O) groups excluding carboxylic acids is 1. The molecular formula is C13H22N2O3. The molecule has 2 fully saturated rings. The summed E-state index contributed by atoms with van der Waals surface area (Å²) in [7, 11) is 0. The van der Waals surface area contributed by atoms with E-state index in [1.807, 2.05) is 4.90 Å². The summed E-state index contributed by atoms with van der Waals surface area (Å²) in [5.74, 6) is -0.110. The van der Waals surface area contributed by atoms with Gasteiger partial charge in [0.25, 0.3) is 0 Å². The summed E-state index contributed by atoms with van der Waals surface area (Å²) >= 11 is 0. The van der Waals surface area contributed by atoms with Crippen LogP contribution in [0.3, 0.4) is 0 Å². The van der Waals surface area contributed by atoms with Gasteiger partial charge in [0.15, 0.2) is 0 Å². The first-order valence-electron chi connectivity index (χ1n) is 6.95. The molecule has 2 atom stereocenters. The van der Waals surface area contributed by atoms with Crippen LogP contribution in [-0.4, -0.2) is 41.1 Å². The predicted octanol–water partition coefficient (Wildman–Crippen LogP) is 1.83. The highest BCUT2D eigenvalue weighted by molar-refractivity contribution is 5.75. The maximum Gasteiger partial charge on any atom is 0.317 e. The van der Waals surface area contributed by atoms with Crippen molar-refractivity contribution in [1.82, 2.24) is 10.2 Å². The van der Waals surface area contributed by atoms with Gasteiger partial charge in [-0.1, -0.05) is 12.8 Å². The van der Waals surface area contributed by atoms with Gasteiger partial charge in [0.05, 0.1) is 0 Å². The van der Waals surface area contributed by atoms with E-state index in [1.165, 1.54) is 19.3 Å². The number of rotatable bonds is 4. The summed E-state index contributed by atoms with van der Waals surface area (Å²) in [6, 6.07) is 0.424. The lowest BCUT2D eigenvalue weighted by Gasteiger charge is -2.31. The van der Waals surface area contributed by atoms with Crippen molar-refractivity contribution in [2.45, 2.75) is 51.0 Å². The monoisotopic (exact) mass is 254 g/mol. The minimum atomic E-state index is -0.808. The molecule has 1 aliphatic carbocycles. The summed E-state index contributed by atoms with van der Waals surface area (Å²) in [6.07, 6.45) is 6.67. The molecule has 1 heterocycles. The van der Waals surface area contributed by atoms with Crippen LogP contribution in [0.4, 0.5) is 4.79 Å². The SMILES string of the molecule is O=C(O)CCCNC(=O)N1CCC2CCCCC21. The smallest absolute Gasteiger partial charge is 0.317 e. The Labute approximate surface area is 108 Å². The number of hydrogen-bond donors (Lipinski definition) is 2. The van der Waals surface area contributed by atoms with Crippen LogP contribution >= 0.6 is 0 Å². The Bertz CT molecular complexity index is 319. The van der Waals surface area contributed by atoms with Gasteiger partial charge in [0.2, 0.25) is 0 Å². The number of nitrogens with zero attached hydrogens (tertiary/aromatic N) is 1. The number of urea groups is 1. The third kappa shape index (κ3) is 3.15. The van der Waals surface area contributed by atoms with Gasteiger partial charge in [0.1, 0.15) is 0 Å². The van der Waals surface area contributed by atoms with E-state index in [0.29, 0.717) is 24.9 Å². The fraction of sp³-hybridized carbons (Fsp3) is 0.846. The molecule has 2 aliphatic rings. The minimum absolute atomic E-state index is 0.00483. The van der Waals surface area contributed by atoms with E-state index in [4.69, 9.17) is 5.11 Å². The van der Waals surface area contributed by atoms with Crippen LogP contribution in [0.15, 0.2) is 0 Å². The van der Waals surface area contributed by atoms with Crippen molar-refractivity contribution in [3.63, 3.8) is 0 Å². The second kappa shape index (κ2) is 6.07. The highest BCUT2D eigenvalue weighted by Crippen LogP contribution is 2.35. The lowest BCUT2D eigenvalue weighted by molar-refractivity contribution is -0.137. The molecule has 0 radical (unpaired) electrons. The predicted molar refractivity (Wildman–Crippen MR) is 67.3 cm³/mol. The second-order valence-electron chi connectivity index (χ2n) is 5.32. The Morgan fingerprint density at radius 1 is 1.22 bits per heavy atom. The highest BCUT2D eigenvalue weighted by atomic mass is 16.4. The molecular weight excluding hydrogens is 232 g/mol. The first kappa shape index (κ1) is 13.2. The third-order valence-corrected chi connectivity index (χ3v) is 4.11. The second-order valence-corrected chi connectivity index (χ2v) is 5.32. The lowest BCUT2D eigenvalue weighted by Crippen LogP contribution is -2.45. The van der Waals surface area contributed by atoms with Crippen LogP contribution in [0.2, 0.25) is 0 Å². The highest BCUT2D eigenvalue weighted by Gasteiger charge is 2.37. The number of amides is 2. The van der Waals surface area contributed by atoms with Crippen LogP contribution in [0.5, 0.6) is 0 Å². The topological polar surface area (TPSA) is 69.6 Å². The molecule has 0 aromatic carbocycles. The number of likely N-dealkylation sites (tertiary alicyclic amines) is 1. The zero-order valence-electron chi connectivity index (χ0n) is 10.7. The summed E-state index contributed by atoms with van der Waals surface area (Å²) in [6.45, 7) is 1.32. The first-order valence-corrected chi connectivity index (χ1v) is 6.95. The van der Waals surface area contributed by atoms with Gasteiger partial charge in [0, 0.05) is 25.6 Å². The maximum absolute atomic E-state index is 12.0. The standard InChI is InChI=1S/C13H22N2O3/c16-12(17)6-3-8-14-13(18)15-9-7-10-4-1-2-5-11(10)15/h10-11H,1-9H2,(H,14,18)(H,16,17). The number of aliphatic carboxylic acids is 1. The quantitative estimate of drug-likeness (QED) is 0.752. The Kier molecular flexibility index (Phi) is 4.44. The van der Waals surface area contributed by atoms with Crippen molar-refractivity contribution >= 4 is 12.0 Å². The number of carboxylic acids is 1. The van der Waals surface area contributed by atoms with Crippen molar-refractivity contribution in [3.05, 3.63) is 0 Å². The lowest BCUT2D eigenvalue weighted by atomic mass is 9.85. The van der Waals surface area contributed by atoms with E-state index >= 15 is 0 Å². The number of carbonyl (C=O) groups is 2. The van der Waals surface area contributed by atoms with Crippen molar-refractivity contribution in [2.75, 3.05) is 13.1 Å². The third-order valence-electron chi connectivity index (χ3n) is 4.11. The van der Waals surface area contributed by atoms with Gasteiger partial charge in [-0.05, 0) is 31.6 Å². The zero-order valence-corrected chi connectivity index (χ0v) is 10.7. The van der Waals surface area contributed by atoms with E-state index in [0.717, 1.165) is 19.4 Å². The van der Waals surface area contributed by atoms with E-state index in [-0.39, 0.29) is 12.5 Å². The Morgan fingerprint density at radius 3 is 2.78 bits per heavy atom. The minimum Gasteiger partial charge on any atom is -0.481 e. The Hall–Kier alpha value is -1.26. The average molecular weight is 254 g/mol. The van der Waals surface area contributed by atoms with Crippen molar-refractivity contribution in [3.8, 4) is 0 Å². The molecule has 2 rings (SSSR count). The van der Waals surface area contributed by atoms with Gasteiger partial charge in [-0.2, -0.15) is 0 Å². The average Bonchev–Trinajstić information content (AvgIpc) is 2.78. The Balaban J connectivity index is 1.73. The molecule has 5 heteroatoms. The first-order chi connectivity index (χ1) is 8.68. The molecule has 2 N–H and O–H groups in total. The van der Waals surface area contributed by atoms with Gasteiger partial charge >= 0.3 is 12.0 Å². The molecule has 1 aliphatic heterocycles. The van der Waals surface area contributed by atoms with Crippen LogP contribution in [0.25, 0.3) is 0 Å². The van der Waals surface area contributed by atoms with E-state index in [9.17, 15) is 9.59 Å². The van der Waals surface area contributed by atoms with Gasteiger partial charge in [-0.15, -0.1) is 0 Å². The molecule has 0 aromatic rings. The fourth-order valence-corrected chi connectivity index (χ4v) is 3.19. The molecule has 1 saturated heterocycles. The van der Waals surface area contributed by atoms with Gasteiger partial charge in [-0.25, -0.2) is 4.79 Å². The largest absolute Gasteiger partial charge is 0.481 e. The van der Waals surface area contributed by atoms with Crippen LogP contribution in [0, 0.1) is 5.92 Å². The molecule has 0 aromatic heterocycles. The van der Waals surface area contributed by atoms with Gasteiger partial charge in [-0.3, -0.25) is 4.79 Å². The summed E-state index contributed by atoms with van der Waals surface area (Å²) in [5, 5.41) is 11.4. The summed E-state index contributed by atoms with van der Waals surface area (Å²) in [5.41, 5.74) is 0. The van der Waals surface area contributed by atoms with E-state index in [2.05, 4.69) is 5.32 Å². The molecule has 2 amide bonds. The summed E-state index contributed by atoms with van der Waals surface area (Å²) in [4.78, 5) is 24.3.